The summed E-state index contributed by atoms with van der Waals surface area (Å²) in [4.78, 5) is 2.34. The summed E-state index contributed by atoms with van der Waals surface area (Å²) in [7, 11) is -2.13. The van der Waals surface area contributed by atoms with Crippen molar-refractivity contribution >= 4 is 15.4 Å². The fourth-order valence-corrected chi connectivity index (χ4v) is 9.70. The lowest BCUT2D eigenvalue weighted by Gasteiger charge is -2.44. The SMILES string of the molecule is C=C1[C@H](C)C/C(=C/C=C2\CCC[C@]3(C)[C@@H]([C@H](C)CCCN(B(C)O)C4CC4)CC[C@@H]23)C[C@H]1O[Si](C)(C)C(C)(C)C. The Hall–Kier alpha value is -0.618. The number of hydrogen-bond acceptors (Lipinski definition) is 3. The molecule has 5 heteroatoms. The molecular weight excluding hydrogens is 505 g/mol. The van der Waals surface area contributed by atoms with Gasteiger partial charge in [0.25, 0.3) is 0 Å². The van der Waals surface area contributed by atoms with Gasteiger partial charge in [-0.3, -0.25) is 0 Å². The Morgan fingerprint density at radius 1 is 1.18 bits per heavy atom. The molecule has 0 saturated heterocycles. The van der Waals surface area contributed by atoms with Crippen LogP contribution in [0.25, 0.3) is 0 Å². The van der Waals surface area contributed by atoms with Crippen LogP contribution in [0.15, 0.2) is 35.5 Å². The highest BCUT2D eigenvalue weighted by atomic mass is 28.4. The lowest BCUT2D eigenvalue weighted by atomic mass is 9.60. The summed E-state index contributed by atoms with van der Waals surface area (Å²) in [5.41, 5.74) is 5.04. The van der Waals surface area contributed by atoms with Gasteiger partial charge in [-0.25, -0.2) is 0 Å². The maximum Gasteiger partial charge on any atom is 0.376 e. The monoisotopic (exact) mass is 567 g/mol. The molecule has 0 amide bonds. The Kier molecular flexibility index (Phi) is 10.1. The second kappa shape index (κ2) is 12.5. The van der Waals surface area contributed by atoms with E-state index in [0.717, 1.165) is 37.1 Å². The fraction of sp³-hybridized carbons (Fsp3) is 0.829. The zero-order chi connectivity index (χ0) is 29.5. The molecular formula is C35H62BNO2Si. The maximum absolute atomic E-state index is 10.2. The Balaban J connectivity index is 1.40. The molecule has 4 aliphatic rings. The van der Waals surface area contributed by atoms with Gasteiger partial charge in [-0.2, -0.15) is 0 Å². The molecule has 40 heavy (non-hydrogen) atoms. The predicted molar refractivity (Wildman–Crippen MR) is 176 cm³/mol. The molecule has 0 aromatic carbocycles. The average molecular weight is 568 g/mol. The molecule has 1 N–H and O–H groups in total. The standard InChI is InChI=1S/C35H62BNO2Si/c1-25(13-12-22-37(36(8)38)30-17-18-30)31-19-20-32-29(14-11-21-35(31,32)7)16-15-28-23-26(2)27(3)33(24-28)39-40(9,10)34(4,5)6/h15-16,25-26,30-33,38H,3,11-14,17-24H2,1-2,4-10H3/b28-15-,29-16+/t25-,26-,31-,32+,33-,35-/m1/s1. The van der Waals surface area contributed by atoms with Crippen molar-refractivity contribution in [3.63, 3.8) is 0 Å². The molecule has 0 spiro atoms. The summed E-state index contributed by atoms with van der Waals surface area (Å²) in [6, 6.07) is 0.642. The summed E-state index contributed by atoms with van der Waals surface area (Å²) >= 11 is 0. The smallest absolute Gasteiger partial charge is 0.376 e. The second-order valence-corrected chi connectivity index (χ2v) is 20.9. The highest BCUT2D eigenvalue weighted by Gasteiger charge is 2.50. The molecule has 226 valence electrons. The van der Waals surface area contributed by atoms with Crippen molar-refractivity contribution in [2.24, 2.45) is 29.1 Å². The van der Waals surface area contributed by atoms with Gasteiger partial charge in [0.05, 0.1) is 6.10 Å². The number of fused-ring (bicyclic) bond motifs is 1. The molecule has 4 saturated carbocycles. The van der Waals surface area contributed by atoms with Gasteiger partial charge in [-0.1, -0.05) is 71.4 Å². The average Bonchev–Trinajstić information content (AvgIpc) is 3.62. The first-order valence-electron chi connectivity index (χ1n) is 16.8. The van der Waals surface area contributed by atoms with E-state index in [1.165, 1.54) is 63.4 Å². The van der Waals surface area contributed by atoms with E-state index in [0.29, 0.717) is 17.4 Å². The van der Waals surface area contributed by atoms with Crippen molar-refractivity contribution in [3.8, 4) is 0 Å². The van der Waals surface area contributed by atoms with Crippen LogP contribution in [0, 0.1) is 29.1 Å². The van der Waals surface area contributed by atoms with Gasteiger partial charge < -0.3 is 14.3 Å². The molecule has 4 rings (SSSR count). The van der Waals surface area contributed by atoms with E-state index >= 15 is 0 Å². The van der Waals surface area contributed by atoms with Gasteiger partial charge in [0.15, 0.2) is 8.32 Å². The molecule has 4 aliphatic carbocycles. The Labute approximate surface area is 249 Å². The van der Waals surface area contributed by atoms with Crippen LogP contribution in [0.4, 0.5) is 0 Å². The van der Waals surface area contributed by atoms with Crippen LogP contribution in [0.1, 0.15) is 112 Å². The second-order valence-electron chi connectivity index (χ2n) is 16.1. The summed E-state index contributed by atoms with van der Waals surface area (Å²) < 4.78 is 6.91. The minimum atomic E-state index is -1.84. The van der Waals surface area contributed by atoms with Crippen molar-refractivity contribution in [2.45, 2.75) is 149 Å². The van der Waals surface area contributed by atoms with Crippen LogP contribution in [-0.2, 0) is 4.43 Å². The van der Waals surface area contributed by atoms with Gasteiger partial charge in [-0.15, -0.1) is 0 Å². The van der Waals surface area contributed by atoms with E-state index in [-0.39, 0.29) is 18.2 Å². The summed E-state index contributed by atoms with van der Waals surface area (Å²) in [6.07, 6.45) is 19.2. The minimum Gasteiger partial charge on any atom is -0.437 e. The number of nitrogens with zero attached hydrogens (tertiary/aromatic N) is 1. The molecule has 3 nitrogen and oxygen atoms in total. The van der Waals surface area contributed by atoms with Crippen LogP contribution < -0.4 is 0 Å². The molecule has 0 aromatic heterocycles. The van der Waals surface area contributed by atoms with Crippen LogP contribution in [-0.4, -0.2) is 43.9 Å². The van der Waals surface area contributed by atoms with Crippen LogP contribution in [0.2, 0.25) is 25.0 Å². The van der Waals surface area contributed by atoms with Crippen LogP contribution in [0.3, 0.4) is 0 Å². The van der Waals surface area contributed by atoms with Gasteiger partial charge in [0.2, 0.25) is 0 Å². The van der Waals surface area contributed by atoms with Crippen molar-refractivity contribution in [1.82, 2.24) is 4.81 Å². The van der Waals surface area contributed by atoms with Crippen LogP contribution >= 0.6 is 0 Å². The molecule has 0 bridgehead atoms. The zero-order valence-electron chi connectivity index (χ0n) is 27.7. The molecule has 0 heterocycles. The van der Waals surface area contributed by atoms with Crippen molar-refractivity contribution in [2.75, 3.05) is 6.54 Å². The molecule has 0 aromatic rings. The molecule has 4 fully saturated rings. The third-order valence-electron chi connectivity index (χ3n) is 12.1. The van der Waals surface area contributed by atoms with Gasteiger partial charge >= 0.3 is 7.05 Å². The minimum absolute atomic E-state index is 0.173. The quantitative estimate of drug-likeness (QED) is 0.211. The topological polar surface area (TPSA) is 32.7 Å². The van der Waals surface area contributed by atoms with Crippen LogP contribution in [0.5, 0.6) is 0 Å². The summed E-state index contributed by atoms with van der Waals surface area (Å²) in [5.74, 6) is 2.84. The molecule has 6 atom stereocenters. The Bertz CT molecular complexity index is 959. The lowest BCUT2D eigenvalue weighted by molar-refractivity contribution is 0.0926. The maximum atomic E-state index is 10.2. The first-order chi connectivity index (χ1) is 18.6. The van der Waals surface area contributed by atoms with E-state index in [9.17, 15) is 5.02 Å². The van der Waals surface area contributed by atoms with Gasteiger partial charge in [0, 0.05) is 6.04 Å². The van der Waals surface area contributed by atoms with Gasteiger partial charge in [0.1, 0.15) is 0 Å². The molecule has 0 unspecified atom stereocenters. The summed E-state index contributed by atoms with van der Waals surface area (Å²) in [6.45, 7) is 26.8. The van der Waals surface area contributed by atoms with Crippen molar-refractivity contribution in [1.29, 1.82) is 0 Å². The van der Waals surface area contributed by atoms with Crippen molar-refractivity contribution in [3.05, 3.63) is 35.5 Å². The lowest BCUT2D eigenvalue weighted by Crippen LogP contribution is -2.45. The van der Waals surface area contributed by atoms with E-state index in [2.05, 4.69) is 78.2 Å². The summed E-state index contributed by atoms with van der Waals surface area (Å²) in [5, 5.41) is 10.4. The Morgan fingerprint density at radius 2 is 1.88 bits per heavy atom. The predicted octanol–water partition coefficient (Wildman–Crippen LogP) is 9.42. The van der Waals surface area contributed by atoms with E-state index < -0.39 is 8.32 Å². The Morgan fingerprint density at radius 3 is 2.50 bits per heavy atom. The number of allylic oxidation sites excluding steroid dienone is 3. The van der Waals surface area contributed by atoms with E-state index in [4.69, 9.17) is 4.43 Å². The molecule has 0 aliphatic heterocycles. The number of rotatable bonds is 10. The third kappa shape index (κ3) is 7.12. The van der Waals surface area contributed by atoms with Crippen molar-refractivity contribution < 1.29 is 9.45 Å². The molecule has 0 radical (unpaired) electrons. The third-order valence-corrected chi connectivity index (χ3v) is 16.6. The first-order valence-corrected chi connectivity index (χ1v) is 19.7. The van der Waals surface area contributed by atoms with E-state index in [1.54, 1.807) is 11.1 Å². The number of hydrogen-bond donors (Lipinski definition) is 1. The van der Waals surface area contributed by atoms with Gasteiger partial charge in [-0.05, 0) is 137 Å². The first kappa shape index (κ1) is 32.3. The highest BCUT2D eigenvalue weighted by molar-refractivity contribution is 6.74. The normalized spacial score (nSPS) is 34.5. The zero-order valence-corrected chi connectivity index (χ0v) is 28.7. The largest absolute Gasteiger partial charge is 0.437 e. The fourth-order valence-electron chi connectivity index (χ4n) is 8.40. The van der Waals surface area contributed by atoms with E-state index in [1.807, 2.05) is 6.82 Å². The highest BCUT2D eigenvalue weighted by Crippen LogP contribution is 2.60.